The molecule has 2 aromatic carbocycles. The first-order valence-corrected chi connectivity index (χ1v) is 14.1. The molecular formula is C27H32N4O2S. The highest BCUT2D eigenvalue weighted by Gasteiger charge is 2.28. The first kappa shape index (κ1) is 22.8. The maximum Gasteiger partial charge on any atom is 0.232 e. The summed E-state index contributed by atoms with van der Waals surface area (Å²) in [4.78, 5) is 2.46. The van der Waals surface area contributed by atoms with Crippen LogP contribution in [0.4, 0.5) is 11.4 Å². The Hall–Kier alpha value is -2.98. The number of fused-ring (bicyclic) bond motifs is 1. The Balaban J connectivity index is 1.59. The quantitative estimate of drug-likeness (QED) is 0.450. The van der Waals surface area contributed by atoms with Crippen molar-refractivity contribution in [3.63, 3.8) is 0 Å². The zero-order valence-electron chi connectivity index (χ0n) is 19.8. The van der Waals surface area contributed by atoms with Gasteiger partial charge >= 0.3 is 0 Å². The Morgan fingerprint density at radius 2 is 1.76 bits per heavy atom. The van der Waals surface area contributed by atoms with Crippen molar-refractivity contribution < 1.29 is 8.42 Å². The van der Waals surface area contributed by atoms with E-state index in [4.69, 9.17) is 0 Å². The second kappa shape index (κ2) is 9.34. The lowest BCUT2D eigenvalue weighted by Gasteiger charge is -2.31. The van der Waals surface area contributed by atoms with Crippen LogP contribution < -0.4 is 9.62 Å². The molecule has 1 aliphatic carbocycles. The van der Waals surface area contributed by atoms with Gasteiger partial charge in [0.05, 0.1) is 22.5 Å². The smallest absolute Gasteiger partial charge is 0.232 e. The molecule has 0 spiro atoms. The van der Waals surface area contributed by atoms with Crippen LogP contribution in [0.3, 0.4) is 0 Å². The molecule has 0 unspecified atom stereocenters. The maximum atomic E-state index is 12.2. The first-order chi connectivity index (χ1) is 16.5. The summed E-state index contributed by atoms with van der Waals surface area (Å²) in [6, 6.07) is 16.9. The normalized spacial score (nSPS) is 16.9. The minimum absolute atomic E-state index is 0.0998. The van der Waals surface area contributed by atoms with Gasteiger partial charge in [0.15, 0.2) is 0 Å². The Morgan fingerprint density at radius 3 is 2.38 bits per heavy atom. The Labute approximate surface area is 202 Å². The van der Waals surface area contributed by atoms with E-state index in [2.05, 4.69) is 38.5 Å². The monoisotopic (exact) mass is 476 g/mol. The van der Waals surface area contributed by atoms with Crippen molar-refractivity contribution in [1.29, 1.82) is 5.26 Å². The molecule has 178 valence electrons. The van der Waals surface area contributed by atoms with Crippen molar-refractivity contribution >= 4 is 32.3 Å². The van der Waals surface area contributed by atoms with Gasteiger partial charge < -0.3 is 9.47 Å². The molecule has 0 radical (unpaired) electrons. The van der Waals surface area contributed by atoms with E-state index >= 15 is 0 Å². The van der Waals surface area contributed by atoms with E-state index in [1.807, 2.05) is 19.1 Å². The third-order valence-corrected chi connectivity index (χ3v) is 8.66. The molecule has 34 heavy (non-hydrogen) atoms. The fourth-order valence-corrected chi connectivity index (χ4v) is 6.40. The van der Waals surface area contributed by atoms with Crippen molar-refractivity contribution in [1.82, 2.24) is 4.57 Å². The number of nitriles is 1. The average molecular weight is 477 g/mol. The van der Waals surface area contributed by atoms with Crippen LogP contribution in [0.1, 0.15) is 63.5 Å². The van der Waals surface area contributed by atoms with Crippen molar-refractivity contribution in [3.8, 4) is 17.3 Å². The molecular weight excluding hydrogens is 444 g/mol. The molecule has 1 saturated carbocycles. The van der Waals surface area contributed by atoms with E-state index in [0.29, 0.717) is 23.7 Å². The third-order valence-electron chi connectivity index (χ3n) is 7.17. The molecule has 1 N–H and O–H groups in total. The SMILES string of the molecule is CCCS(=O)(=O)Nc1ccc(-c2c(C#N)c3ccc(N4CCCCC4)cc3n2C2CCC2)cc1. The lowest BCUT2D eigenvalue weighted by atomic mass is 9.92. The predicted octanol–water partition coefficient (Wildman–Crippen LogP) is 6.05. The average Bonchev–Trinajstić information content (AvgIpc) is 3.12. The van der Waals surface area contributed by atoms with Crippen LogP contribution in [0.2, 0.25) is 0 Å². The van der Waals surface area contributed by atoms with Crippen LogP contribution in [-0.2, 0) is 10.0 Å². The van der Waals surface area contributed by atoms with Gasteiger partial charge in [-0.25, -0.2) is 8.42 Å². The first-order valence-electron chi connectivity index (χ1n) is 12.4. The highest BCUT2D eigenvalue weighted by atomic mass is 32.2. The highest BCUT2D eigenvalue weighted by molar-refractivity contribution is 7.92. The Morgan fingerprint density at radius 1 is 1.03 bits per heavy atom. The van der Waals surface area contributed by atoms with Gasteiger partial charge in [-0.1, -0.05) is 19.1 Å². The van der Waals surface area contributed by atoms with Gasteiger partial charge in [-0.3, -0.25) is 4.72 Å². The summed E-state index contributed by atoms with van der Waals surface area (Å²) in [5.74, 6) is 0.0998. The van der Waals surface area contributed by atoms with E-state index in [0.717, 1.165) is 48.1 Å². The fourth-order valence-electron chi connectivity index (χ4n) is 5.26. The number of rotatable bonds is 7. The van der Waals surface area contributed by atoms with Gasteiger partial charge in [0.2, 0.25) is 10.0 Å². The van der Waals surface area contributed by atoms with Gasteiger partial charge in [-0.15, -0.1) is 0 Å². The highest BCUT2D eigenvalue weighted by Crippen LogP contribution is 2.43. The fraction of sp³-hybridized carbons (Fsp3) is 0.444. The number of hydrogen-bond acceptors (Lipinski definition) is 4. The lowest BCUT2D eigenvalue weighted by Crippen LogP contribution is -2.29. The van der Waals surface area contributed by atoms with Crippen molar-refractivity contribution in [2.75, 3.05) is 28.5 Å². The molecule has 0 bridgehead atoms. The maximum absolute atomic E-state index is 12.2. The Bertz CT molecular complexity index is 1330. The van der Waals surface area contributed by atoms with Crippen LogP contribution in [0.5, 0.6) is 0 Å². The second-order valence-electron chi connectivity index (χ2n) is 9.54. The topological polar surface area (TPSA) is 78.1 Å². The molecule has 2 aliphatic rings. The summed E-state index contributed by atoms with van der Waals surface area (Å²) in [5.41, 5.74) is 5.51. The second-order valence-corrected chi connectivity index (χ2v) is 11.4. The van der Waals surface area contributed by atoms with Gasteiger partial charge in [0, 0.05) is 35.9 Å². The zero-order chi connectivity index (χ0) is 23.7. The molecule has 1 saturated heterocycles. The summed E-state index contributed by atoms with van der Waals surface area (Å²) < 4.78 is 29.4. The molecule has 2 fully saturated rings. The number of benzene rings is 2. The van der Waals surface area contributed by atoms with Gasteiger partial charge in [0.25, 0.3) is 0 Å². The number of piperidine rings is 1. The molecule has 6 nitrogen and oxygen atoms in total. The van der Waals surface area contributed by atoms with E-state index in [1.165, 1.54) is 31.4 Å². The molecule has 1 aliphatic heterocycles. The molecule has 2 heterocycles. The molecule has 7 heteroatoms. The summed E-state index contributed by atoms with van der Waals surface area (Å²) >= 11 is 0. The van der Waals surface area contributed by atoms with E-state index in [9.17, 15) is 13.7 Å². The largest absolute Gasteiger partial charge is 0.371 e. The van der Waals surface area contributed by atoms with E-state index in [-0.39, 0.29) is 5.75 Å². The summed E-state index contributed by atoms with van der Waals surface area (Å²) in [5, 5.41) is 11.2. The minimum Gasteiger partial charge on any atom is -0.371 e. The van der Waals surface area contributed by atoms with Crippen molar-refractivity contribution in [3.05, 3.63) is 48.0 Å². The number of aromatic nitrogens is 1. The molecule has 5 rings (SSSR count). The third kappa shape index (κ3) is 4.27. The van der Waals surface area contributed by atoms with Gasteiger partial charge in [0.1, 0.15) is 6.07 Å². The molecule has 3 aromatic rings. The van der Waals surface area contributed by atoms with Crippen LogP contribution in [0.15, 0.2) is 42.5 Å². The standard InChI is InChI=1S/C27H32N4O2S/c1-2-17-34(32,33)29-21-11-9-20(10-12-21)27-25(19-28)24-14-13-23(30-15-4-3-5-16-30)18-26(24)31(27)22-7-6-8-22/h9-14,18,22,29H,2-8,15-17H2,1H3. The predicted molar refractivity (Wildman–Crippen MR) is 139 cm³/mol. The minimum atomic E-state index is -3.34. The van der Waals surface area contributed by atoms with Crippen LogP contribution in [0.25, 0.3) is 22.2 Å². The summed E-state index contributed by atoms with van der Waals surface area (Å²) in [7, 11) is -3.34. The lowest BCUT2D eigenvalue weighted by molar-refractivity contribution is 0.324. The molecule has 0 atom stereocenters. The van der Waals surface area contributed by atoms with Crippen molar-refractivity contribution in [2.45, 2.75) is 57.9 Å². The van der Waals surface area contributed by atoms with Crippen LogP contribution in [-0.4, -0.2) is 31.8 Å². The molecule has 0 amide bonds. The van der Waals surface area contributed by atoms with Crippen molar-refractivity contribution in [2.24, 2.45) is 0 Å². The van der Waals surface area contributed by atoms with Gasteiger partial charge in [-0.2, -0.15) is 5.26 Å². The summed E-state index contributed by atoms with van der Waals surface area (Å²) in [6.45, 7) is 4.02. The number of sulfonamides is 1. The zero-order valence-corrected chi connectivity index (χ0v) is 20.6. The van der Waals surface area contributed by atoms with Crippen LogP contribution in [0, 0.1) is 11.3 Å². The van der Waals surface area contributed by atoms with E-state index in [1.54, 1.807) is 12.1 Å². The summed E-state index contributed by atoms with van der Waals surface area (Å²) in [6.07, 6.45) is 7.75. The Kier molecular flexibility index (Phi) is 6.26. The number of anilines is 2. The number of nitrogens with one attached hydrogen (secondary N) is 1. The van der Waals surface area contributed by atoms with Gasteiger partial charge in [-0.05, 0) is 80.8 Å². The number of nitrogens with zero attached hydrogens (tertiary/aromatic N) is 3. The number of hydrogen-bond donors (Lipinski definition) is 1. The van der Waals surface area contributed by atoms with E-state index < -0.39 is 10.0 Å². The van der Waals surface area contributed by atoms with Crippen LogP contribution >= 0.6 is 0 Å². The molecule has 1 aromatic heterocycles.